The van der Waals surface area contributed by atoms with Gasteiger partial charge in [0.25, 0.3) is 10.7 Å². The molecule has 1 aliphatic heterocycles. The third-order valence-corrected chi connectivity index (χ3v) is 8.29. The number of nitrogens with zero attached hydrogens (tertiary/aromatic N) is 2. The lowest BCUT2D eigenvalue weighted by Crippen LogP contribution is -3.00. The van der Waals surface area contributed by atoms with Gasteiger partial charge in [0.05, 0.1) is 26.2 Å². The smallest absolute Gasteiger partial charge is 0.295 e. The van der Waals surface area contributed by atoms with Crippen molar-refractivity contribution in [2.45, 2.75) is 39.2 Å². The van der Waals surface area contributed by atoms with E-state index in [-0.39, 0.29) is 48.9 Å². The van der Waals surface area contributed by atoms with Gasteiger partial charge in [0.15, 0.2) is 11.5 Å². The van der Waals surface area contributed by atoms with Crippen LogP contribution in [-0.4, -0.2) is 48.9 Å². The maximum Gasteiger partial charge on any atom is 0.295 e. The van der Waals surface area contributed by atoms with Crippen molar-refractivity contribution in [3.05, 3.63) is 70.6 Å². The van der Waals surface area contributed by atoms with Crippen LogP contribution in [0.15, 0.2) is 54.6 Å². The van der Waals surface area contributed by atoms with Crippen LogP contribution in [0, 0.1) is 10.7 Å². The lowest BCUT2D eigenvalue weighted by atomic mass is 9.98. The summed E-state index contributed by atoms with van der Waals surface area (Å²) in [5, 5.41) is 0.756. The minimum Gasteiger partial charge on any atom is -1.00 e. The Morgan fingerprint density at radius 2 is 1.67 bits per heavy atom. The molecule has 0 unspecified atom stereocenters. The monoisotopic (exact) mass is 692 g/mol. The number of aromatic nitrogens is 3. The highest BCUT2D eigenvalue weighted by molar-refractivity contribution is 7.71. The van der Waals surface area contributed by atoms with E-state index in [9.17, 15) is 9.59 Å². The van der Waals surface area contributed by atoms with Crippen LogP contribution in [0.25, 0.3) is 22.2 Å². The van der Waals surface area contributed by atoms with Crippen molar-refractivity contribution < 1.29 is 65.8 Å². The standard InChI is InChI=1S/C32H35N5O4S.3ClH/c1-20-13-16-36(17-14-20)31(39)22-11-9-21(10-12-22)24-6-4-7-25(34-24)27(38)8-5-15-37-30(33)23-18-28(40-2)29(41-3)19-26(23)35-32(37)42;;;/h4,6-7,9-12,18-20H,5,8,13-17H2,1-3H3,(H2,33,35,42);3*1H/p-1. The maximum absolute atomic E-state index is 13.1. The van der Waals surface area contributed by atoms with E-state index in [1.807, 2.05) is 47.4 Å². The van der Waals surface area contributed by atoms with Crippen molar-refractivity contribution >= 4 is 40.6 Å². The number of aromatic amines is 2. The van der Waals surface area contributed by atoms with Crippen molar-refractivity contribution in [3.63, 3.8) is 0 Å². The number of anilines is 1. The van der Waals surface area contributed by atoms with E-state index >= 15 is 0 Å². The number of nitrogens with one attached hydrogen (secondary N) is 2. The fourth-order valence-corrected chi connectivity index (χ4v) is 5.67. The number of ether oxygens (including phenoxy) is 2. The van der Waals surface area contributed by atoms with E-state index in [4.69, 9.17) is 27.4 Å². The Bertz CT molecular complexity index is 1690. The summed E-state index contributed by atoms with van der Waals surface area (Å²) in [4.78, 5) is 34.4. The number of piperidine rings is 1. The normalized spacial score (nSPS) is 12.8. The molecule has 0 spiro atoms. The van der Waals surface area contributed by atoms with E-state index in [1.165, 1.54) is 0 Å². The molecule has 45 heavy (non-hydrogen) atoms. The van der Waals surface area contributed by atoms with Crippen LogP contribution in [0.5, 0.6) is 11.5 Å². The largest absolute Gasteiger partial charge is 1.00 e. The van der Waals surface area contributed by atoms with Gasteiger partial charge in [-0.15, -0.1) is 0 Å². The van der Waals surface area contributed by atoms with E-state index in [2.05, 4.69) is 16.9 Å². The molecule has 1 amide bonds. The molecule has 1 fully saturated rings. The zero-order valence-corrected chi connectivity index (χ0v) is 28.5. The molecule has 13 heteroatoms. The van der Waals surface area contributed by atoms with Crippen molar-refractivity contribution in [2.24, 2.45) is 5.92 Å². The maximum atomic E-state index is 13.1. The number of benzene rings is 2. The van der Waals surface area contributed by atoms with E-state index < -0.39 is 0 Å². The van der Waals surface area contributed by atoms with E-state index in [0.29, 0.717) is 58.6 Å². The van der Waals surface area contributed by atoms with Crippen molar-refractivity contribution in [1.82, 2.24) is 9.88 Å². The average molecular weight is 694 g/mol. The molecule has 0 saturated carbocycles. The highest BCUT2D eigenvalue weighted by Crippen LogP contribution is 2.32. The molecule has 0 bridgehead atoms. The van der Waals surface area contributed by atoms with Gasteiger partial charge in [-0.2, -0.15) is 0 Å². The molecule has 0 radical (unpaired) electrons. The first kappa shape index (κ1) is 37.7. The second kappa shape index (κ2) is 16.7. The van der Waals surface area contributed by atoms with Crippen LogP contribution in [0.2, 0.25) is 0 Å². The molecule has 3 heterocycles. The highest BCUT2D eigenvalue weighted by atomic mass is 35.5. The Morgan fingerprint density at radius 1 is 1.02 bits per heavy atom. The van der Waals surface area contributed by atoms with Crippen LogP contribution in [0.3, 0.4) is 0 Å². The second-order valence-electron chi connectivity index (χ2n) is 10.8. The number of hydrogen-bond acceptors (Lipinski definition) is 6. The Morgan fingerprint density at radius 3 is 2.31 bits per heavy atom. The van der Waals surface area contributed by atoms with Crippen LogP contribution in [0.1, 0.15) is 53.5 Å². The van der Waals surface area contributed by atoms with Gasteiger partial charge < -0.3 is 57.3 Å². The molecular weight excluding hydrogens is 657 g/mol. The minimum atomic E-state index is -0.00996. The highest BCUT2D eigenvalue weighted by Gasteiger charge is 2.22. The molecule has 4 aromatic rings. The number of H-pyrrole nitrogens is 2. The molecule has 242 valence electrons. The summed E-state index contributed by atoms with van der Waals surface area (Å²) in [6.07, 6.45) is 2.96. The zero-order chi connectivity index (χ0) is 29.8. The number of hydrogen-bond donors (Lipinski definition) is 2. The number of amides is 1. The van der Waals surface area contributed by atoms with Crippen molar-refractivity contribution in [1.29, 1.82) is 0 Å². The number of fused-ring (bicyclic) bond motifs is 1. The SMILES string of the molecule is COc1cc2[nH]c(=S)[n+](CCCC(=O)c3cccc(-c4ccc(C(=O)N5CCC(C)CC5)cc4)[nH+]3)c(N)c2cc1OC.[Cl-].[Cl-].[Cl-]. The number of nitrogen functional groups attached to an aromatic ring is 1. The molecule has 2 aromatic heterocycles. The van der Waals surface area contributed by atoms with Gasteiger partial charge in [0.1, 0.15) is 5.52 Å². The predicted molar refractivity (Wildman–Crippen MR) is 163 cm³/mol. The third kappa shape index (κ3) is 8.43. The van der Waals surface area contributed by atoms with Gasteiger partial charge in [0, 0.05) is 54.9 Å². The Balaban J connectivity index is 0.00000235. The summed E-state index contributed by atoms with van der Waals surface area (Å²) < 4.78 is 13.1. The first-order valence-corrected chi connectivity index (χ1v) is 14.6. The number of pyridine rings is 1. The van der Waals surface area contributed by atoms with Gasteiger partial charge in [0.2, 0.25) is 23.0 Å². The summed E-state index contributed by atoms with van der Waals surface area (Å²) in [5.41, 5.74) is 10.2. The molecule has 1 saturated heterocycles. The first-order valence-electron chi connectivity index (χ1n) is 14.2. The number of likely N-dealkylation sites (tertiary alicyclic amines) is 1. The summed E-state index contributed by atoms with van der Waals surface area (Å²) in [7, 11) is 3.15. The van der Waals surface area contributed by atoms with Gasteiger partial charge in [-0.25, -0.2) is 9.55 Å². The zero-order valence-electron chi connectivity index (χ0n) is 25.4. The van der Waals surface area contributed by atoms with Crippen molar-refractivity contribution in [3.8, 4) is 22.8 Å². The lowest BCUT2D eigenvalue weighted by Gasteiger charge is -2.30. The fourth-order valence-electron chi connectivity index (χ4n) is 5.37. The number of Topliss-reactive ketones (excluding diaryl/α,β-unsaturated/α-hetero) is 1. The topological polar surface area (TPSA) is 116 Å². The number of nitrogens with two attached hydrogens (primary N) is 1. The van der Waals surface area contributed by atoms with Crippen molar-refractivity contribution in [2.75, 3.05) is 33.0 Å². The number of rotatable bonds is 9. The van der Waals surface area contributed by atoms with E-state index in [1.54, 1.807) is 30.9 Å². The Kier molecular flexibility index (Phi) is 14.0. The Hall–Kier alpha value is -3.44. The molecule has 5 rings (SSSR count). The molecule has 0 atom stereocenters. The average Bonchev–Trinajstić information content (AvgIpc) is 3.02. The summed E-state index contributed by atoms with van der Waals surface area (Å²) >= 11 is 5.56. The lowest BCUT2D eigenvalue weighted by molar-refractivity contribution is -0.691. The van der Waals surface area contributed by atoms with Crippen LogP contribution < -0.4 is 62.0 Å². The summed E-state index contributed by atoms with van der Waals surface area (Å²) in [6.45, 7) is 4.32. The number of carbonyl (C=O) groups is 2. The predicted octanol–water partition coefficient (Wildman–Crippen LogP) is -4.19. The molecule has 2 aromatic carbocycles. The van der Waals surface area contributed by atoms with Gasteiger partial charge in [-0.1, -0.05) is 6.92 Å². The number of methoxy groups -OCH3 is 2. The van der Waals surface area contributed by atoms with E-state index in [0.717, 1.165) is 48.1 Å². The Labute approximate surface area is 286 Å². The van der Waals surface area contributed by atoms with Crippen LogP contribution in [-0.2, 0) is 6.54 Å². The minimum absolute atomic E-state index is 0. The molecular formula is C32H37Cl3N5O4S-. The number of carbonyl (C=O) groups excluding carboxylic acids is 2. The number of ketones is 1. The van der Waals surface area contributed by atoms with Gasteiger partial charge >= 0.3 is 0 Å². The fraction of sp³-hybridized carbons (Fsp3) is 0.344. The van der Waals surface area contributed by atoms with Gasteiger partial charge in [-0.3, -0.25) is 14.6 Å². The van der Waals surface area contributed by atoms with Gasteiger partial charge in [-0.05, 0) is 67.7 Å². The molecule has 0 aliphatic carbocycles. The summed E-state index contributed by atoms with van der Waals surface area (Å²) in [6, 6.07) is 16.7. The van der Waals surface area contributed by atoms with Crippen LogP contribution >= 0.6 is 12.2 Å². The summed E-state index contributed by atoms with van der Waals surface area (Å²) in [5.74, 6) is 2.37. The quantitative estimate of drug-likeness (QED) is 0.105. The second-order valence-corrected chi connectivity index (χ2v) is 11.2. The third-order valence-electron chi connectivity index (χ3n) is 7.97. The van der Waals surface area contributed by atoms with Crippen LogP contribution in [0.4, 0.5) is 5.82 Å². The molecule has 1 aliphatic rings. The number of halogens is 3. The first-order chi connectivity index (χ1) is 20.3. The molecule has 9 nitrogen and oxygen atoms in total. The molecule has 4 N–H and O–H groups in total.